The highest BCUT2D eigenvalue weighted by atomic mass is 16.6. The van der Waals surface area contributed by atoms with E-state index in [4.69, 9.17) is 26.4 Å². The van der Waals surface area contributed by atoms with E-state index < -0.39 is 136 Å². The fraction of sp³-hybridized carbons (Fsp3) is 0.389. The summed E-state index contributed by atoms with van der Waals surface area (Å²) in [6.45, 7) is 7.71. The van der Waals surface area contributed by atoms with Crippen molar-refractivity contribution in [2.45, 2.75) is 108 Å². The molecule has 4 N–H and O–H groups in total. The Kier molecular flexibility index (Phi) is 12.6. The van der Waals surface area contributed by atoms with Crippen LogP contribution in [-0.2, 0) is 42.9 Å². The first kappa shape index (κ1) is 46.9. The third-order valence-electron chi connectivity index (χ3n) is 14.7. The van der Waals surface area contributed by atoms with Crippen LogP contribution in [0.5, 0.6) is 0 Å². The molecule has 70 heavy (non-hydrogen) atoms. The van der Waals surface area contributed by atoms with Gasteiger partial charge in [-0.05, 0) is 54.8 Å². The summed E-state index contributed by atoms with van der Waals surface area (Å²) in [5.41, 5.74) is -8.12. The number of hydrogen-bond acceptors (Lipinski definition) is 15. The van der Waals surface area contributed by atoms with Crippen molar-refractivity contribution < 1.29 is 75.3 Å². The van der Waals surface area contributed by atoms with Crippen LogP contribution in [0.25, 0.3) is 0 Å². The lowest BCUT2D eigenvalue weighted by Crippen LogP contribution is -2.82. The highest BCUT2D eigenvalue weighted by Gasteiger charge is 2.78. The number of ether oxygens (including phenoxy) is 5. The van der Waals surface area contributed by atoms with Gasteiger partial charge in [-0.1, -0.05) is 105 Å². The van der Waals surface area contributed by atoms with Gasteiger partial charge in [0.15, 0.2) is 29.4 Å². The van der Waals surface area contributed by atoms with Crippen LogP contribution in [0, 0.1) is 16.7 Å². The maximum Gasteiger partial charge on any atom is 0.338 e. The van der Waals surface area contributed by atoms with Gasteiger partial charge in [0.05, 0.1) is 38.4 Å². The third-order valence-corrected chi connectivity index (χ3v) is 14.7. The summed E-state index contributed by atoms with van der Waals surface area (Å²) in [6, 6.07) is 23.3. The van der Waals surface area contributed by atoms with E-state index in [1.807, 2.05) is 0 Å². The normalized spacial score (nSPS) is 29.9. The molecule has 16 nitrogen and oxygen atoms in total. The number of benzene rings is 4. The molecule has 1 aliphatic heterocycles. The fourth-order valence-corrected chi connectivity index (χ4v) is 11.0. The van der Waals surface area contributed by atoms with Gasteiger partial charge >= 0.3 is 23.9 Å². The first-order valence-electron chi connectivity index (χ1n) is 23.8. The molecule has 0 aromatic heterocycles. The second-order valence-electron chi connectivity index (χ2n) is 19.1. The number of nitrogens with one attached hydrogen (secondary N) is 1. The minimum absolute atomic E-state index is 0.0181. The molecule has 4 aliphatic rings. The van der Waals surface area contributed by atoms with Crippen LogP contribution in [0.15, 0.2) is 126 Å². The Morgan fingerprint density at radius 2 is 1.36 bits per heavy atom. The lowest BCUT2D eigenvalue weighted by molar-refractivity contribution is -0.346. The third kappa shape index (κ3) is 8.41. The zero-order chi connectivity index (χ0) is 52.2. The number of Topliss-reactive ketones (excluding diaryl/α,β-unsaturated/α-hetero) is 1. The minimum Gasteiger partial charge on any atom is -0.456 e. The Balaban J connectivity index is 1.22. The van der Waals surface area contributed by atoms with Crippen molar-refractivity contribution in [3.05, 3.63) is 154 Å². The molecule has 3 aliphatic carbocycles. The molecule has 11 atom stereocenters. The second-order valence-corrected chi connectivity index (χ2v) is 19.1. The highest BCUT2D eigenvalue weighted by Crippen LogP contribution is 2.64. The average Bonchev–Trinajstić information content (AvgIpc) is 3.34. The van der Waals surface area contributed by atoms with Crippen LogP contribution in [-0.4, -0.2) is 111 Å². The molecule has 1 saturated heterocycles. The maximum absolute atomic E-state index is 15.6. The van der Waals surface area contributed by atoms with E-state index in [2.05, 4.69) is 5.32 Å². The summed E-state index contributed by atoms with van der Waals surface area (Å²) in [4.78, 5) is 98.0. The van der Waals surface area contributed by atoms with E-state index in [1.165, 1.54) is 52.0 Å². The molecule has 16 heteroatoms. The quantitative estimate of drug-likeness (QED) is 0.0635. The van der Waals surface area contributed by atoms with Crippen LogP contribution in [0.1, 0.15) is 105 Å². The van der Waals surface area contributed by atoms with E-state index in [0.717, 1.165) is 26.0 Å². The topological polar surface area (TPSA) is 238 Å². The van der Waals surface area contributed by atoms with Gasteiger partial charge in [-0.25, -0.2) is 9.59 Å². The number of fused-ring (bicyclic) bond motifs is 5. The zero-order valence-electron chi connectivity index (χ0n) is 41.3. The summed E-state index contributed by atoms with van der Waals surface area (Å²) in [5.74, 6) is -8.17. The van der Waals surface area contributed by atoms with Crippen molar-refractivity contribution in [2.75, 3.05) is 6.61 Å². The Morgan fingerprint density at radius 3 is 1.91 bits per heavy atom. The number of carbonyl (C=O) groups is 7. The number of ketones is 2. The SMILES string of the molecule is [3H]c1cc(C(=O)c2ccccc2)cc([3H])c1C(=O)N[C@@H](c1ccccc1)[C@@H](O)C(=O)O[C@H]1C[C@@]2(O)[C@@H](OC(=O)c3ccccc3)[C@@H]3[C@]4(OC(C)=O)CO[C@@H]4C[C@H](O)[C@@]3(C)C(=O)[C@H](OC(C)=O)C(=C1C)C2(C)C. The molecule has 2 saturated carbocycles. The molecular formula is C54H55NO15. The second kappa shape index (κ2) is 18.8. The molecule has 0 radical (unpaired) electrons. The minimum atomic E-state index is -2.48. The molecule has 4 aromatic carbocycles. The molecule has 2 bridgehead atoms. The van der Waals surface area contributed by atoms with Gasteiger partial charge in [0, 0.05) is 48.8 Å². The number of amides is 1. The van der Waals surface area contributed by atoms with Gasteiger partial charge in [-0.15, -0.1) is 0 Å². The van der Waals surface area contributed by atoms with Gasteiger partial charge in [0.25, 0.3) is 5.91 Å². The first-order valence-corrected chi connectivity index (χ1v) is 22.8. The van der Waals surface area contributed by atoms with E-state index in [1.54, 1.807) is 66.7 Å². The van der Waals surface area contributed by atoms with Crippen LogP contribution < -0.4 is 5.32 Å². The summed E-state index contributed by atoms with van der Waals surface area (Å²) in [5, 5.41) is 40.5. The molecule has 1 amide bonds. The van der Waals surface area contributed by atoms with Crippen molar-refractivity contribution in [1.29, 1.82) is 0 Å². The average molecular weight is 962 g/mol. The Bertz CT molecular complexity index is 2850. The molecule has 0 spiro atoms. The van der Waals surface area contributed by atoms with E-state index in [9.17, 15) is 44.1 Å². The van der Waals surface area contributed by atoms with Gasteiger partial charge in [-0.3, -0.25) is 24.0 Å². The molecular weight excluding hydrogens is 903 g/mol. The Hall–Kier alpha value is -6.85. The molecule has 8 rings (SSSR count). The standard InChI is InChI=1S/C54H55NO15/c1-29-37(68-50(64)43(60)41(32-16-10-7-11-17-32)55-48(62)35-24-22-34(23-25-35)42(59)33-18-12-8-13-19-33)27-54(65)47(69-49(63)36-20-14-9-15-21-36)45-52(6,38(58)26-39-53(45,28-66-39)70-31(3)57)46(61)44(67-30(2)56)40(29)51(54,4)5/h7-25,37-39,41,43-45,47,58,60,65H,26-28H2,1-6H3,(H,55,62)/t37-,38-,39+,41-,43+,44+,45-,47-,52+,53-,54+/m0/s1/i24T,25T. The fourth-order valence-electron chi connectivity index (χ4n) is 11.0. The molecule has 3 fully saturated rings. The van der Waals surface area contributed by atoms with Gasteiger partial charge in [0.2, 0.25) is 0 Å². The summed E-state index contributed by atoms with van der Waals surface area (Å²) < 4.78 is 47.7. The van der Waals surface area contributed by atoms with E-state index in [-0.39, 0.29) is 40.9 Å². The molecule has 0 unspecified atom stereocenters. The van der Waals surface area contributed by atoms with Crippen LogP contribution in [0.2, 0.25) is 0 Å². The van der Waals surface area contributed by atoms with Crippen LogP contribution in [0.4, 0.5) is 0 Å². The molecule has 1 heterocycles. The van der Waals surface area contributed by atoms with Gasteiger partial charge < -0.3 is 44.3 Å². The monoisotopic (exact) mass is 961 g/mol. The van der Waals surface area contributed by atoms with Crippen LogP contribution in [0.3, 0.4) is 0 Å². The van der Waals surface area contributed by atoms with Gasteiger partial charge in [0.1, 0.15) is 23.9 Å². The van der Waals surface area contributed by atoms with Gasteiger partial charge in [-0.2, -0.15) is 0 Å². The van der Waals surface area contributed by atoms with Crippen molar-refractivity contribution in [3.8, 4) is 0 Å². The zero-order valence-corrected chi connectivity index (χ0v) is 39.3. The highest BCUT2D eigenvalue weighted by molar-refractivity contribution is 6.09. The summed E-state index contributed by atoms with van der Waals surface area (Å²) in [7, 11) is 0. The van der Waals surface area contributed by atoms with Crippen molar-refractivity contribution >= 4 is 41.4 Å². The molecule has 4 aromatic rings. The lowest BCUT2D eigenvalue weighted by Gasteiger charge is -2.67. The van der Waals surface area contributed by atoms with Crippen molar-refractivity contribution in [1.82, 2.24) is 5.32 Å². The number of aliphatic hydroxyl groups is 3. The number of esters is 4. The summed E-state index contributed by atoms with van der Waals surface area (Å²) in [6.07, 6.45) is -11.2. The van der Waals surface area contributed by atoms with E-state index in [0.29, 0.717) is 5.56 Å². The number of aliphatic hydroxyl groups excluding tert-OH is 2. The van der Waals surface area contributed by atoms with Crippen LogP contribution >= 0.6 is 0 Å². The lowest BCUT2D eigenvalue weighted by atomic mass is 9.44. The Morgan fingerprint density at radius 1 is 0.786 bits per heavy atom. The smallest absolute Gasteiger partial charge is 0.338 e. The van der Waals surface area contributed by atoms with E-state index >= 15 is 4.79 Å². The maximum atomic E-state index is 15.6. The largest absolute Gasteiger partial charge is 0.456 e. The number of hydrogen-bond donors (Lipinski definition) is 4. The first-order chi connectivity index (χ1) is 34.0. The predicted octanol–water partition coefficient (Wildman–Crippen LogP) is 4.97. The number of carbonyl (C=O) groups excluding carboxylic acids is 7. The van der Waals surface area contributed by atoms with Crippen molar-refractivity contribution in [3.63, 3.8) is 0 Å². The predicted molar refractivity (Wildman–Crippen MR) is 248 cm³/mol. The molecule has 366 valence electrons. The Labute approximate surface area is 406 Å². The summed E-state index contributed by atoms with van der Waals surface area (Å²) >= 11 is 0. The number of rotatable bonds is 12. The van der Waals surface area contributed by atoms with Crippen molar-refractivity contribution in [2.24, 2.45) is 16.7 Å².